The lowest BCUT2D eigenvalue weighted by Crippen LogP contribution is -2.13. The van der Waals surface area contributed by atoms with E-state index in [0.717, 1.165) is 11.1 Å². The van der Waals surface area contributed by atoms with Gasteiger partial charge in [0, 0.05) is 0 Å². The number of sulfonamides is 1. The standard InChI is InChI=1S/C14H18N2O3S/c1-10-4-6-13(11(2)8-10)16-20(17,18)14-7-5-12(19-14)9-15-3/h4-8,15-16H,9H2,1-3H3. The van der Waals surface area contributed by atoms with Crippen molar-refractivity contribution in [1.82, 2.24) is 5.32 Å². The summed E-state index contributed by atoms with van der Waals surface area (Å²) in [5, 5.41) is 2.82. The third-order valence-corrected chi connectivity index (χ3v) is 4.12. The van der Waals surface area contributed by atoms with Crippen LogP contribution in [0.25, 0.3) is 0 Å². The van der Waals surface area contributed by atoms with Crippen LogP contribution in [0.15, 0.2) is 39.8 Å². The number of anilines is 1. The molecule has 0 aliphatic carbocycles. The Balaban J connectivity index is 2.26. The van der Waals surface area contributed by atoms with E-state index in [1.807, 2.05) is 26.0 Å². The average molecular weight is 294 g/mol. The predicted octanol–water partition coefficient (Wildman–Crippen LogP) is 2.42. The van der Waals surface area contributed by atoms with Gasteiger partial charge in [-0.1, -0.05) is 17.7 Å². The van der Waals surface area contributed by atoms with Crippen molar-refractivity contribution in [3.63, 3.8) is 0 Å². The third kappa shape index (κ3) is 3.20. The minimum atomic E-state index is -3.69. The Hall–Kier alpha value is -1.79. The van der Waals surface area contributed by atoms with E-state index in [0.29, 0.717) is 18.0 Å². The van der Waals surface area contributed by atoms with Gasteiger partial charge >= 0.3 is 0 Å². The number of hydrogen-bond donors (Lipinski definition) is 2. The normalized spacial score (nSPS) is 11.6. The topological polar surface area (TPSA) is 71.3 Å². The Bertz CT molecular complexity index is 705. The molecule has 0 unspecified atom stereocenters. The highest BCUT2D eigenvalue weighted by atomic mass is 32.2. The molecule has 1 aromatic carbocycles. The molecule has 6 heteroatoms. The summed E-state index contributed by atoms with van der Waals surface area (Å²) in [5.41, 5.74) is 2.51. The Morgan fingerprint density at radius 2 is 1.90 bits per heavy atom. The van der Waals surface area contributed by atoms with Crippen molar-refractivity contribution >= 4 is 15.7 Å². The largest absolute Gasteiger partial charge is 0.446 e. The van der Waals surface area contributed by atoms with E-state index in [4.69, 9.17) is 4.42 Å². The van der Waals surface area contributed by atoms with Crippen molar-refractivity contribution in [2.75, 3.05) is 11.8 Å². The van der Waals surface area contributed by atoms with Crippen molar-refractivity contribution in [3.05, 3.63) is 47.2 Å². The smallest absolute Gasteiger partial charge is 0.295 e. The molecule has 108 valence electrons. The van der Waals surface area contributed by atoms with Crippen LogP contribution in [0.1, 0.15) is 16.9 Å². The first-order valence-corrected chi connectivity index (χ1v) is 7.74. The molecule has 0 spiro atoms. The van der Waals surface area contributed by atoms with Gasteiger partial charge in [-0.05, 0) is 44.7 Å². The molecule has 1 heterocycles. The summed E-state index contributed by atoms with van der Waals surface area (Å²) < 4.78 is 32.3. The Morgan fingerprint density at radius 3 is 2.55 bits per heavy atom. The molecule has 0 saturated heterocycles. The first-order chi connectivity index (χ1) is 9.42. The van der Waals surface area contributed by atoms with Crippen molar-refractivity contribution in [3.8, 4) is 0 Å². The van der Waals surface area contributed by atoms with Crippen LogP contribution < -0.4 is 10.0 Å². The third-order valence-electron chi connectivity index (χ3n) is 2.88. The Morgan fingerprint density at radius 1 is 1.15 bits per heavy atom. The van der Waals surface area contributed by atoms with E-state index in [9.17, 15) is 8.42 Å². The monoisotopic (exact) mass is 294 g/mol. The van der Waals surface area contributed by atoms with Gasteiger partial charge in [0.25, 0.3) is 10.0 Å². The van der Waals surface area contributed by atoms with Crippen LogP contribution in [0.5, 0.6) is 0 Å². The molecule has 5 nitrogen and oxygen atoms in total. The molecule has 2 rings (SSSR count). The Labute approximate surface area is 119 Å². The van der Waals surface area contributed by atoms with E-state index in [-0.39, 0.29) is 5.09 Å². The first-order valence-electron chi connectivity index (χ1n) is 6.26. The fourth-order valence-corrected chi connectivity index (χ4v) is 2.98. The average Bonchev–Trinajstić information content (AvgIpc) is 2.83. The maximum Gasteiger partial charge on any atom is 0.295 e. The molecular formula is C14H18N2O3S. The predicted molar refractivity (Wildman–Crippen MR) is 78.2 cm³/mol. The van der Waals surface area contributed by atoms with Gasteiger partial charge in [0.15, 0.2) is 0 Å². The fraction of sp³-hybridized carbons (Fsp3) is 0.286. The summed E-state index contributed by atoms with van der Waals surface area (Å²) in [5.74, 6) is 0.577. The maximum absolute atomic E-state index is 12.2. The summed E-state index contributed by atoms with van der Waals surface area (Å²) in [6.07, 6.45) is 0. The molecule has 0 atom stereocenters. The number of aryl methyl sites for hydroxylation is 2. The van der Waals surface area contributed by atoms with Crippen LogP contribution >= 0.6 is 0 Å². The van der Waals surface area contributed by atoms with Gasteiger partial charge in [0.1, 0.15) is 5.76 Å². The van der Waals surface area contributed by atoms with Crippen LogP contribution in [0.2, 0.25) is 0 Å². The van der Waals surface area contributed by atoms with E-state index >= 15 is 0 Å². The van der Waals surface area contributed by atoms with Crippen molar-refractivity contribution < 1.29 is 12.8 Å². The number of furan rings is 1. The zero-order chi connectivity index (χ0) is 14.8. The summed E-state index contributed by atoms with van der Waals surface area (Å²) in [6.45, 7) is 4.31. The minimum absolute atomic E-state index is 0.0808. The molecule has 0 amide bonds. The summed E-state index contributed by atoms with van der Waals surface area (Å²) >= 11 is 0. The van der Waals surface area contributed by atoms with Crippen LogP contribution in [0.3, 0.4) is 0 Å². The van der Waals surface area contributed by atoms with Crippen molar-refractivity contribution in [2.24, 2.45) is 0 Å². The van der Waals surface area contributed by atoms with Gasteiger partial charge in [-0.25, -0.2) is 0 Å². The van der Waals surface area contributed by atoms with Crippen LogP contribution in [-0.2, 0) is 16.6 Å². The summed E-state index contributed by atoms with van der Waals surface area (Å²) in [6, 6.07) is 8.64. The van der Waals surface area contributed by atoms with Gasteiger partial charge in [0.05, 0.1) is 12.2 Å². The highest BCUT2D eigenvalue weighted by Crippen LogP contribution is 2.22. The van der Waals surface area contributed by atoms with Crippen molar-refractivity contribution in [1.29, 1.82) is 0 Å². The zero-order valence-electron chi connectivity index (χ0n) is 11.7. The molecule has 20 heavy (non-hydrogen) atoms. The molecule has 0 fully saturated rings. The van der Waals surface area contributed by atoms with E-state index in [2.05, 4.69) is 10.0 Å². The molecule has 2 aromatic rings. The second kappa shape index (κ2) is 5.68. The van der Waals surface area contributed by atoms with E-state index in [1.54, 1.807) is 19.2 Å². The number of nitrogens with one attached hydrogen (secondary N) is 2. The fourth-order valence-electron chi connectivity index (χ4n) is 1.90. The number of benzene rings is 1. The molecular weight excluding hydrogens is 276 g/mol. The summed E-state index contributed by atoms with van der Waals surface area (Å²) in [4.78, 5) is 0. The first kappa shape index (κ1) is 14.6. The molecule has 1 aromatic heterocycles. The second-order valence-corrected chi connectivity index (χ2v) is 6.29. The number of hydrogen-bond acceptors (Lipinski definition) is 4. The van der Waals surface area contributed by atoms with Gasteiger partial charge in [-0.2, -0.15) is 8.42 Å². The van der Waals surface area contributed by atoms with Gasteiger partial charge < -0.3 is 9.73 Å². The van der Waals surface area contributed by atoms with Gasteiger partial charge in [-0.15, -0.1) is 0 Å². The second-order valence-electron chi connectivity index (χ2n) is 4.67. The molecule has 0 aliphatic heterocycles. The maximum atomic E-state index is 12.2. The minimum Gasteiger partial charge on any atom is -0.446 e. The number of rotatable bonds is 5. The van der Waals surface area contributed by atoms with E-state index in [1.165, 1.54) is 6.07 Å². The van der Waals surface area contributed by atoms with E-state index < -0.39 is 10.0 Å². The molecule has 2 N–H and O–H groups in total. The van der Waals surface area contributed by atoms with Crippen LogP contribution in [0.4, 0.5) is 5.69 Å². The lowest BCUT2D eigenvalue weighted by Gasteiger charge is -2.09. The van der Waals surface area contributed by atoms with Crippen LogP contribution in [0, 0.1) is 13.8 Å². The molecule has 0 bridgehead atoms. The highest BCUT2D eigenvalue weighted by molar-refractivity contribution is 7.92. The van der Waals surface area contributed by atoms with Gasteiger partial charge in [-0.3, -0.25) is 4.72 Å². The molecule has 0 saturated carbocycles. The molecule has 0 radical (unpaired) electrons. The molecule has 0 aliphatic rings. The SMILES string of the molecule is CNCc1ccc(S(=O)(=O)Nc2ccc(C)cc2C)o1. The van der Waals surface area contributed by atoms with Gasteiger partial charge in [0.2, 0.25) is 5.09 Å². The van der Waals surface area contributed by atoms with Crippen LogP contribution in [-0.4, -0.2) is 15.5 Å². The highest BCUT2D eigenvalue weighted by Gasteiger charge is 2.19. The lowest BCUT2D eigenvalue weighted by molar-refractivity contribution is 0.408. The quantitative estimate of drug-likeness (QED) is 0.888. The summed E-state index contributed by atoms with van der Waals surface area (Å²) in [7, 11) is -1.92. The van der Waals surface area contributed by atoms with Crippen molar-refractivity contribution in [2.45, 2.75) is 25.5 Å². The zero-order valence-corrected chi connectivity index (χ0v) is 12.5. The lowest BCUT2D eigenvalue weighted by atomic mass is 10.1. The Kier molecular flexibility index (Phi) is 4.15.